The van der Waals surface area contributed by atoms with Crippen molar-refractivity contribution in [3.63, 3.8) is 0 Å². The van der Waals surface area contributed by atoms with Gasteiger partial charge in [0.05, 0.1) is 17.7 Å². The summed E-state index contributed by atoms with van der Waals surface area (Å²) < 4.78 is 44.1. The van der Waals surface area contributed by atoms with Gasteiger partial charge in [-0.3, -0.25) is 4.79 Å². The number of aromatic amines is 1. The largest absolute Gasteiger partial charge is 0.497 e. The number of nitrogens with zero attached hydrogens (tertiary/aromatic N) is 1. The van der Waals surface area contributed by atoms with E-state index in [1.54, 1.807) is 24.5 Å². The second kappa shape index (κ2) is 9.03. The zero-order valence-electron chi connectivity index (χ0n) is 17.3. The SMILES string of the molecule is COc1cc(NCc2cnc3[nH]ccc3c2Cl)cc(C(=O)Nc2cccc(C(F)(F)F)c2)c1. The van der Waals surface area contributed by atoms with Crippen LogP contribution in [0.2, 0.25) is 5.02 Å². The topological polar surface area (TPSA) is 79.0 Å². The van der Waals surface area contributed by atoms with E-state index in [0.717, 1.165) is 23.1 Å². The first-order valence-electron chi connectivity index (χ1n) is 9.76. The van der Waals surface area contributed by atoms with Crippen LogP contribution in [-0.4, -0.2) is 23.0 Å². The molecule has 3 N–H and O–H groups in total. The molecule has 0 atom stereocenters. The van der Waals surface area contributed by atoms with Crippen LogP contribution in [0.25, 0.3) is 11.0 Å². The molecule has 6 nitrogen and oxygen atoms in total. The van der Waals surface area contributed by atoms with Gasteiger partial charge in [-0.15, -0.1) is 0 Å². The Bertz CT molecular complexity index is 1320. The molecule has 2 heterocycles. The second-order valence-corrected chi connectivity index (χ2v) is 7.55. The van der Waals surface area contributed by atoms with E-state index in [-0.39, 0.29) is 11.3 Å². The predicted octanol–water partition coefficient (Wildman–Crippen LogP) is 6.11. The Hall–Kier alpha value is -3.72. The highest BCUT2D eigenvalue weighted by Crippen LogP contribution is 2.31. The first-order chi connectivity index (χ1) is 15.7. The smallest absolute Gasteiger partial charge is 0.416 e. The number of H-pyrrole nitrogens is 1. The fourth-order valence-corrected chi connectivity index (χ4v) is 3.53. The quantitative estimate of drug-likeness (QED) is 0.315. The molecule has 2 aromatic heterocycles. The lowest BCUT2D eigenvalue weighted by molar-refractivity contribution is -0.137. The summed E-state index contributed by atoms with van der Waals surface area (Å²) in [6, 6.07) is 11.0. The Kier molecular flexibility index (Phi) is 6.15. The van der Waals surface area contributed by atoms with Crippen LogP contribution in [0, 0.1) is 0 Å². The molecule has 0 fully saturated rings. The summed E-state index contributed by atoms with van der Waals surface area (Å²) >= 11 is 6.46. The standard InChI is InChI=1S/C23H18ClF3N4O2/c1-33-18-8-13(22(32)31-16-4-2-3-15(9-16)23(25,26)27)7-17(10-18)29-11-14-12-30-21-19(20(14)24)5-6-28-21/h2-10,12,29H,11H2,1H3,(H,28,30)(H,31,32). The number of halogens is 4. The lowest BCUT2D eigenvalue weighted by Crippen LogP contribution is -2.14. The van der Waals surface area contributed by atoms with E-state index in [2.05, 4.69) is 20.6 Å². The average Bonchev–Trinajstić information content (AvgIpc) is 3.28. The second-order valence-electron chi connectivity index (χ2n) is 7.17. The Labute approximate surface area is 191 Å². The molecule has 0 spiro atoms. The molecule has 10 heteroatoms. The number of benzene rings is 2. The highest BCUT2D eigenvalue weighted by molar-refractivity contribution is 6.36. The molecule has 0 aliphatic rings. The van der Waals surface area contributed by atoms with Crippen molar-refractivity contribution >= 4 is 39.9 Å². The molecule has 0 saturated heterocycles. The number of nitrogens with one attached hydrogen (secondary N) is 3. The summed E-state index contributed by atoms with van der Waals surface area (Å²) in [5.41, 5.74) is 1.39. The van der Waals surface area contributed by atoms with Crippen LogP contribution in [0.3, 0.4) is 0 Å². The maximum absolute atomic E-state index is 12.9. The third-order valence-electron chi connectivity index (χ3n) is 4.93. The normalized spacial score (nSPS) is 11.4. The molecule has 0 radical (unpaired) electrons. The summed E-state index contributed by atoms with van der Waals surface area (Å²) in [7, 11) is 1.45. The fraction of sp³-hybridized carbons (Fsp3) is 0.130. The minimum Gasteiger partial charge on any atom is -0.497 e. The zero-order valence-corrected chi connectivity index (χ0v) is 18.0. The van der Waals surface area contributed by atoms with E-state index in [9.17, 15) is 18.0 Å². The molecule has 4 aromatic rings. The summed E-state index contributed by atoms with van der Waals surface area (Å²) in [6.07, 6.45) is -1.11. The average molecular weight is 475 g/mol. The third-order valence-corrected chi connectivity index (χ3v) is 5.37. The van der Waals surface area contributed by atoms with Crippen LogP contribution >= 0.6 is 11.6 Å². The number of ether oxygens (including phenoxy) is 1. The minimum absolute atomic E-state index is 0.0322. The third kappa shape index (κ3) is 5.04. The number of anilines is 2. The van der Waals surface area contributed by atoms with Crippen LogP contribution in [0.5, 0.6) is 5.75 Å². The van der Waals surface area contributed by atoms with E-state index < -0.39 is 17.6 Å². The number of hydrogen-bond acceptors (Lipinski definition) is 4. The van der Waals surface area contributed by atoms with Crippen molar-refractivity contribution < 1.29 is 22.7 Å². The number of aromatic nitrogens is 2. The van der Waals surface area contributed by atoms with Gasteiger partial charge in [0.15, 0.2) is 0 Å². The molecule has 0 saturated carbocycles. The van der Waals surface area contributed by atoms with Crippen LogP contribution in [-0.2, 0) is 12.7 Å². The van der Waals surface area contributed by atoms with Crippen molar-refractivity contribution in [2.24, 2.45) is 0 Å². The van der Waals surface area contributed by atoms with E-state index in [4.69, 9.17) is 16.3 Å². The van der Waals surface area contributed by atoms with Crippen molar-refractivity contribution in [2.75, 3.05) is 17.7 Å². The first kappa shape index (κ1) is 22.5. The van der Waals surface area contributed by atoms with Gasteiger partial charge in [0, 0.05) is 52.9 Å². The van der Waals surface area contributed by atoms with Crippen LogP contribution in [0.15, 0.2) is 60.9 Å². The summed E-state index contributed by atoms with van der Waals surface area (Å²) in [4.78, 5) is 20.0. The van der Waals surface area contributed by atoms with Crippen molar-refractivity contribution in [1.29, 1.82) is 0 Å². The molecule has 0 aliphatic heterocycles. The Morgan fingerprint density at radius 1 is 1.15 bits per heavy atom. The molecule has 2 aromatic carbocycles. The predicted molar refractivity (Wildman–Crippen MR) is 121 cm³/mol. The Balaban J connectivity index is 1.53. The Morgan fingerprint density at radius 2 is 1.97 bits per heavy atom. The van der Waals surface area contributed by atoms with Crippen LogP contribution < -0.4 is 15.4 Å². The molecule has 4 rings (SSSR count). The van der Waals surface area contributed by atoms with Gasteiger partial charge in [0.2, 0.25) is 0 Å². The number of amides is 1. The molecule has 0 aliphatic carbocycles. The highest BCUT2D eigenvalue weighted by atomic mass is 35.5. The number of rotatable bonds is 6. The summed E-state index contributed by atoms with van der Waals surface area (Å²) in [5.74, 6) is -0.177. The van der Waals surface area contributed by atoms with E-state index >= 15 is 0 Å². The van der Waals surface area contributed by atoms with Gasteiger partial charge < -0.3 is 20.4 Å². The van der Waals surface area contributed by atoms with Crippen molar-refractivity contribution in [2.45, 2.75) is 12.7 Å². The van der Waals surface area contributed by atoms with Gasteiger partial charge in [0.25, 0.3) is 5.91 Å². The number of carbonyl (C=O) groups excluding carboxylic acids is 1. The number of pyridine rings is 1. The van der Waals surface area contributed by atoms with Gasteiger partial charge >= 0.3 is 6.18 Å². The number of alkyl halides is 3. The highest BCUT2D eigenvalue weighted by Gasteiger charge is 2.30. The molecule has 0 unspecified atom stereocenters. The van der Waals surface area contributed by atoms with E-state index in [1.165, 1.54) is 25.3 Å². The van der Waals surface area contributed by atoms with Gasteiger partial charge in [0.1, 0.15) is 11.4 Å². The number of methoxy groups -OCH3 is 1. The maximum atomic E-state index is 12.9. The minimum atomic E-state index is -4.51. The summed E-state index contributed by atoms with van der Waals surface area (Å²) in [6.45, 7) is 0.328. The van der Waals surface area contributed by atoms with Gasteiger partial charge in [-0.05, 0) is 36.4 Å². The van der Waals surface area contributed by atoms with Crippen LogP contribution in [0.1, 0.15) is 21.5 Å². The van der Waals surface area contributed by atoms with Crippen molar-refractivity contribution in [3.05, 3.63) is 82.6 Å². The lowest BCUT2D eigenvalue weighted by Gasteiger charge is -2.13. The summed E-state index contributed by atoms with van der Waals surface area (Å²) in [5, 5.41) is 7.02. The molecule has 1 amide bonds. The van der Waals surface area contributed by atoms with Crippen molar-refractivity contribution in [1.82, 2.24) is 9.97 Å². The molecule has 33 heavy (non-hydrogen) atoms. The zero-order chi connectivity index (χ0) is 23.6. The van der Waals surface area contributed by atoms with Gasteiger partial charge in [-0.2, -0.15) is 13.2 Å². The molecular weight excluding hydrogens is 457 g/mol. The maximum Gasteiger partial charge on any atom is 0.416 e. The molecule has 0 bridgehead atoms. The van der Waals surface area contributed by atoms with Crippen LogP contribution in [0.4, 0.5) is 24.5 Å². The van der Waals surface area contributed by atoms with E-state index in [1.807, 2.05) is 6.07 Å². The number of carbonyl (C=O) groups is 1. The molecule has 170 valence electrons. The first-order valence-corrected chi connectivity index (χ1v) is 10.1. The Morgan fingerprint density at radius 3 is 2.73 bits per heavy atom. The monoisotopic (exact) mass is 474 g/mol. The van der Waals surface area contributed by atoms with Crippen molar-refractivity contribution in [3.8, 4) is 5.75 Å². The number of hydrogen-bond donors (Lipinski definition) is 3. The lowest BCUT2D eigenvalue weighted by atomic mass is 10.1. The fourth-order valence-electron chi connectivity index (χ4n) is 3.26. The molecular formula is C23H18ClF3N4O2. The van der Waals surface area contributed by atoms with Gasteiger partial charge in [-0.1, -0.05) is 17.7 Å². The van der Waals surface area contributed by atoms with E-state index in [0.29, 0.717) is 28.7 Å². The van der Waals surface area contributed by atoms with Gasteiger partial charge in [-0.25, -0.2) is 4.98 Å². The number of fused-ring (bicyclic) bond motifs is 1.